The first-order chi connectivity index (χ1) is 11.6. The van der Waals surface area contributed by atoms with E-state index in [0.717, 1.165) is 44.5 Å². The van der Waals surface area contributed by atoms with Crippen LogP contribution in [0.2, 0.25) is 0 Å². The summed E-state index contributed by atoms with van der Waals surface area (Å²) >= 11 is 1.29. The molecular weight excluding hydrogens is 324 g/mol. The number of carbonyl (C=O) groups is 1. The van der Waals surface area contributed by atoms with Crippen LogP contribution in [0.1, 0.15) is 46.7 Å². The van der Waals surface area contributed by atoms with Gasteiger partial charge in [-0.3, -0.25) is 9.36 Å². The fraction of sp³-hybridized carbons (Fsp3) is 0.500. The Balaban J connectivity index is 1.61. The fourth-order valence-electron chi connectivity index (χ4n) is 3.54. The summed E-state index contributed by atoms with van der Waals surface area (Å²) in [5.41, 5.74) is 0.695. The Morgan fingerprint density at radius 3 is 3.12 bits per heavy atom. The molecule has 0 bridgehead atoms. The third-order valence-electron chi connectivity index (χ3n) is 4.92. The number of aryl methyl sites for hydroxylation is 2. The molecule has 0 fully saturated rings. The zero-order chi connectivity index (χ0) is 16.7. The largest absolute Gasteiger partial charge is 0.461 e. The lowest BCUT2D eigenvalue weighted by Gasteiger charge is -2.17. The molecule has 5 nitrogen and oxygen atoms in total. The van der Waals surface area contributed by atoms with Gasteiger partial charge in [0.1, 0.15) is 15.5 Å². The predicted octanol–water partition coefficient (Wildman–Crippen LogP) is 3.23. The van der Waals surface area contributed by atoms with Crippen molar-refractivity contribution < 1.29 is 9.53 Å². The highest BCUT2D eigenvalue weighted by Crippen LogP contribution is 2.29. The van der Waals surface area contributed by atoms with Crippen molar-refractivity contribution in [2.45, 2.75) is 45.6 Å². The van der Waals surface area contributed by atoms with Crippen molar-refractivity contribution in [2.24, 2.45) is 5.92 Å². The van der Waals surface area contributed by atoms with Crippen LogP contribution in [0.3, 0.4) is 0 Å². The number of hydrogen-bond donors (Lipinski definition) is 0. The number of thiophene rings is 1. The fourth-order valence-corrected chi connectivity index (χ4v) is 4.62. The smallest absolute Gasteiger partial charge is 0.348 e. The topological polar surface area (TPSA) is 61.2 Å². The second-order valence-electron chi connectivity index (χ2n) is 6.57. The minimum absolute atomic E-state index is 0.0160. The molecule has 0 aromatic carbocycles. The monoisotopic (exact) mass is 344 g/mol. The predicted molar refractivity (Wildman–Crippen MR) is 93.7 cm³/mol. The van der Waals surface area contributed by atoms with Crippen molar-refractivity contribution in [2.75, 3.05) is 6.61 Å². The van der Waals surface area contributed by atoms with Crippen LogP contribution in [0.5, 0.6) is 0 Å². The van der Waals surface area contributed by atoms with Crippen molar-refractivity contribution in [3.05, 3.63) is 38.8 Å². The molecule has 0 amide bonds. The first-order valence-corrected chi connectivity index (χ1v) is 9.31. The first kappa shape index (κ1) is 15.6. The Kier molecular flexibility index (Phi) is 4.00. The standard InChI is InChI=1S/C18H20N2O3S/c1-11-14-16(19-13-8-5-9-20(13)17(14)21)24-15(11)18(22)23-10-12-6-3-2-4-7-12/h2-3,12H,4-10H2,1H3/t12-/m1/s1. The molecule has 3 heterocycles. The van der Waals surface area contributed by atoms with Crippen LogP contribution in [-0.2, 0) is 17.7 Å². The highest BCUT2D eigenvalue weighted by atomic mass is 32.1. The van der Waals surface area contributed by atoms with E-state index in [1.165, 1.54) is 11.3 Å². The van der Waals surface area contributed by atoms with E-state index in [0.29, 0.717) is 33.2 Å². The van der Waals surface area contributed by atoms with Crippen LogP contribution in [0.25, 0.3) is 10.2 Å². The van der Waals surface area contributed by atoms with Gasteiger partial charge in [0, 0.05) is 13.0 Å². The van der Waals surface area contributed by atoms with E-state index in [-0.39, 0.29) is 11.5 Å². The average Bonchev–Trinajstić information content (AvgIpc) is 3.19. The average molecular weight is 344 g/mol. The Hall–Kier alpha value is -1.95. The van der Waals surface area contributed by atoms with Gasteiger partial charge in [-0.15, -0.1) is 11.3 Å². The van der Waals surface area contributed by atoms with Crippen LogP contribution in [-0.4, -0.2) is 22.1 Å². The van der Waals surface area contributed by atoms with Gasteiger partial charge in [-0.1, -0.05) is 12.2 Å². The minimum atomic E-state index is -0.324. The second kappa shape index (κ2) is 6.16. The highest BCUT2D eigenvalue weighted by molar-refractivity contribution is 7.20. The molecule has 24 heavy (non-hydrogen) atoms. The molecule has 126 valence electrons. The maximum atomic E-state index is 12.7. The molecule has 0 spiro atoms. The molecule has 1 aliphatic heterocycles. The summed E-state index contributed by atoms with van der Waals surface area (Å²) < 4.78 is 7.26. The number of hydrogen-bond acceptors (Lipinski definition) is 5. The number of nitrogens with zero attached hydrogens (tertiary/aromatic N) is 2. The van der Waals surface area contributed by atoms with E-state index in [9.17, 15) is 9.59 Å². The van der Waals surface area contributed by atoms with E-state index in [1.807, 2.05) is 6.92 Å². The number of aromatic nitrogens is 2. The van der Waals surface area contributed by atoms with Gasteiger partial charge in [0.2, 0.25) is 0 Å². The Morgan fingerprint density at radius 1 is 1.46 bits per heavy atom. The SMILES string of the molecule is Cc1c(C(=O)OC[C@@H]2CC=CCC2)sc2nc3n(c(=O)c12)CCC3. The molecule has 0 unspecified atom stereocenters. The summed E-state index contributed by atoms with van der Waals surface area (Å²) in [6, 6.07) is 0. The molecule has 0 radical (unpaired) electrons. The molecular formula is C18H20N2O3S. The summed E-state index contributed by atoms with van der Waals surface area (Å²) in [7, 11) is 0. The third kappa shape index (κ3) is 2.59. The zero-order valence-corrected chi connectivity index (χ0v) is 14.5. The van der Waals surface area contributed by atoms with Gasteiger partial charge in [0.05, 0.1) is 12.0 Å². The Bertz CT molecular complexity index is 894. The molecule has 2 aromatic rings. The summed E-state index contributed by atoms with van der Waals surface area (Å²) in [6.45, 7) is 2.99. The van der Waals surface area contributed by atoms with Crippen LogP contribution in [0.15, 0.2) is 16.9 Å². The molecule has 6 heteroatoms. The van der Waals surface area contributed by atoms with Crippen molar-refractivity contribution >= 4 is 27.5 Å². The van der Waals surface area contributed by atoms with Crippen molar-refractivity contribution in [1.29, 1.82) is 0 Å². The number of esters is 1. The number of carbonyl (C=O) groups excluding carboxylic acids is 1. The molecule has 0 N–H and O–H groups in total. The summed E-state index contributed by atoms with van der Waals surface area (Å²) in [5, 5.41) is 0.582. The molecule has 2 aromatic heterocycles. The van der Waals surface area contributed by atoms with Crippen molar-refractivity contribution in [3.63, 3.8) is 0 Å². The minimum Gasteiger partial charge on any atom is -0.461 e. The van der Waals surface area contributed by atoms with Crippen LogP contribution in [0.4, 0.5) is 0 Å². The second-order valence-corrected chi connectivity index (χ2v) is 7.57. The maximum Gasteiger partial charge on any atom is 0.348 e. The summed E-state index contributed by atoms with van der Waals surface area (Å²) in [5.74, 6) is 0.915. The highest BCUT2D eigenvalue weighted by Gasteiger charge is 2.24. The van der Waals surface area contributed by atoms with E-state index < -0.39 is 0 Å². The number of ether oxygens (including phenoxy) is 1. The number of fused-ring (bicyclic) bond motifs is 2. The molecule has 1 aliphatic carbocycles. The van der Waals surface area contributed by atoms with Gasteiger partial charge in [0.25, 0.3) is 5.56 Å². The number of allylic oxidation sites excluding steroid dienone is 2. The lowest BCUT2D eigenvalue weighted by atomic mass is 9.95. The van der Waals surface area contributed by atoms with Gasteiger partial charge < -0.3 is 4.74 Å². The van der Waals surface area contributed by atoms with Crippen molar-refractivity contribution in [3.8, 4) is 0 Å². The van der Waals surface area contributed by atoms with Crippen LogP contribution < -0.4 is 5.56 Å². The first-order valence-electron chi connectivity index (χ1n) is 8.50. The number of rotatable bonds is 3. The van der Waals surface area contributed by atoms with Crippen LogP contribution >= 0.6 is 11.3 Å². The van der Waals surface area contributed by atoms with Crippen molar-refractivity contribution in [1.82, 2.24) is 9.55 Å². The Morgan fingerprint density at radius 2 is 2.33 bits per heavy atom. The van der Waals surface area contributed by atoms with E-state index in [2.05, 4.69) is 17.1 Å². The van der Waals surface area contributed by atoms with E-state index >= 15 is 0 Å². The van der Waals surface area contributed by atoms with Crippen LogP contribution in [0, 0.1) is 12.8 Å². The van der Waals surface area contributed by atoms with Gasteiger partial charge in [-0.2, -0.15) is 0 Å². The van der Waals surface area contributed by atoms with Gasteiger partial charge >= 0.3 is 5.97 Å². The van der Waals surface area contributed by atoms with E-state index in [4.69, 9.17) is 4.74 Å². The normalized spacial score (nSPS) is 19.6. The molecule has 0 saturated carbocycles. The maximum absolute atomic E-state index is 12.7. The lowest BCUT2D eigenvalue weighted by molar-refractivity contribution is 0.0437. The molecule has 2 aliphatic rings. The van der Waals surface area contributed by atoms with Gasteiger partial charge in [-0.25, -0.2) is 9.78 Å². The van der Waals surface area contributed by atoms with Gasteiger partial charge in [0.15, 0.2) is 0 Å². The molecule has 4 rings (SSSR count). The van der Waals surface area contributed by atoms with E-state index in [1.54, 1.807) is 4.57 Å². The summed E-state index contributed by atoms with van der Waals surface area (Å²) in [4.78, 5) is 30.9. The summed E-state index contributed by atoms with van der Waals surface area (Å²) in [6.07, 6.45) is 9.20. The third-order valence-corrected chi connectivity index (χ3v) is 6.09. The zero-order valence-electron chi connectivity index (χ0n) is 13.7. The Labute approximate surface area is 144 Å². The van der Waals surface area contributed by atoms with Gasteiger partial charge in [-0.05, 0) is 44.1 Å². The molecule has 0 saturated heterocycles. The quantitative estimate of drug-likeness (QED) is 0.633. The molecule has 1 atom stereocenters. The lowest BCUT2D eigenvalue weighted by Crippen LogP contribution is -2.20.